The Morgan fingerprint density at radius 1 is 1.47 bits per heavy atom. The van der Waals surface area contributed by atoms with Crippen molar-refractivity contribution in [2.75, 3.05) is 11.9 Å². The van der Waals surface area contributed by atoms with Crippen molar-refractivity contribution < 1.29 is 4.79 Å². The molecule has 3 N–H and O–H groups in total. The lowest BCUT2D eigenvalue weighted by Gasteiger charge is -2.13. The molecule has 1 unspecified atom stereocenters. The number of anilines is 1. The fourth-order valence-corrected chi connectivity index (χ4v) is 1.84. The first-order valence-electron chi connectivity index (χ1n) is 6.69. The van der Waals surface area contributed by atoms with Gasteiger partial charge in [0.2, 0.25) is 5.91 Å². The SMILES string of the molecule is CCCC(C)C(=O)Nc1cc(C)ccc1C#CCN. The molecule has 0 aliphatic heterocycles. The topological polar surface area (TPSA) is 55.1 Å². The molecule has 0 saturated carbocycles. The summed E-state index contributed by atoms with van der Waals surface area (Å²) >= 11 is 0. The Hall–Kier alpha value is -1.79. The van der Waals surface area contributed by atoms with Gasteiger partial charge in [0.05, 0.1) is 12.2 Å². The summed E-state index contributed by atoms with van der Waals surface area (Å²) < 4.78 is 0. The Bertz CT molecular complexity index is 497. The largest absolute Gasteiger partial charge is 0.325 e. The molecular weight excluding hydrogens is 236 g/mol. The summed E-state index contributed by atoms with van der Waals surface area (Å²) in [6, 6.07) is 5.83. The molecule has 1 aromatic carbocycles. The van der Waals surface area contributed by atoms with Crippen LogP contribution in [0.2, 0.25) is 0 Å². The predicted octanol–water partition coefficient (Wildman–Crippen LogP) is 2.68. The lowest BCUT2D eigenvalue weighted by molar-refractivity contribution is -0.119. The molecule has 0 radical (unpaired) electrons. The highest BCUT2D eigenvalue weighted by atomic mass is 16.1. The highest BCUT2D eigenvalue weighted by molar-refractivity contribution is 5.93. The minimum absolute atomic E-state index is 0.0147. The maximum atomic E-state index is 12.1. The number of benzene rings is 1. The van der Waals surface area contributed by atoms with E-state index in [2.05, 4.69) is 24.1 Å². The number of nitrogens with one attached hydrogen (secondary N) is 1. The standard InChI is InChI=1S/C16H22N2O/c1-4-6-13(3)16(19)18-15-11-12(2)8-9-14(15)7-5-10-17/h8-9,11,13H,4,6,10,17H2,1-3H3,(H,18,19). The third kappa shape index (κ3) is 4.76. The van der Waals surface area contributed by atoms with E-state index in [1.54, 1.807) is 0 Å². The Morgan fingerprint density at radius 3 is 2.84 bits per heavy atom. The van der Waals surface area contributed by atoms with Gasteiger partial charge >= 0.3 is 0 Å². The van der Waals surface area contributed by atoms with E-state index in [0.29, 0.717) is 6.54 Å². The first-order chi connectivity index (χ1) is 9.08. The van der Waals surface area contributed by atoms with Crippen molar-refractivity contribution in [3.8, 4) is 11.8 Å². The molecular formula is C16H22N2O. The summed E-state index contributed by atoms with van der Waals surface area (Å²) in [5.74, 6) is 5.86. The van der Waals surface area contributed by atoms with Crippen molar-refractivity contribution in [2.24, 2.45) is 11.7 Å². The fraction of sp³-hybridized carbons (Fsp3) is 0.438. The maximum absolute atomic E-state index is 12.1. The van der Waals surface area contributed by atoms with E-state index in [-0.39, 0.29) is 11.8 Å². The van der Waals surface area contributed by atoms with Crippen LogP contribution in [0.1, 0.15) is 37.8 Å². The summed E-state index contributed by atoms with van der Waals surface area (Å²) in [5.41, 5.74) is 8.06. The molecule has 1 atom stereocenters. The predicted molar refractivity (Wildman–Crippen MR) is 79.8 cm³/mol. The number of aryl methyl sites for hydroxylation is 1. The summed E-state index contributed by atoms with van der Waals surface area (Å²) in [6.45, 7) is 6.33. The van der Waals surface area contributed by atoms with Crippen LogP contribution < -0.4 is 11.1 Å². The average molecular weight is 258 g/mol. The van der Waals surface area contributed by atoms with Gasteiger partial charge in [0, 0.05) is 11.5 Å². The van der Waals surface area contributed by atoms with Crippen LogP contribution in [0, 0.1) is 24.7 Å². The molecule has 19 heavy (non-hydrogen) atoms. The first kappa shape index (κ1) is 15.3. The van der Waals surface area contributed by atoms with Gasteiger partial charge in [-0.25, -0.2) is 0 Å². The monoisotopic (exact) mass is 258 g/mol. The van der Waals surface area contributed by atoms with Crippen LogP contribution in [0.25, 0.3) is 0 Å². The molecule has 0 bridgehead atoms. The van der Waals surface area contributed by atoms with Crippen molar-refractivity contribution in [3.05, 3.63) is 29.3 Å². The van der Waals surface area contributed by atoms with Crippen LogP contribution in [0.5, 0.6) is 0 Å². The molecule has 0 aliphatic carbocycles. The average Bonchev–Trinajstić information content (AvgIpc) is 2.38. The summed E-state index contributed by atoms with van der Waals surface area (Å²) in [4.78, 5) is 12.1. The van der Waals surface area contributed by atoms with E-state index in [1.165, 1.54) is 0 Å². The molecule has 3 heteroatoms. The zero-order valence-corrected chi connectivity index (χ0v) is 11.9. The normalized spacial score (nSPS) is 11.4. The van der Waals surface area contributed by atoms with E-state index < -0.39 is 0 Å². The number of carbonyl (C=O) groups excluding carboxylic acids is 1. The van der Waals surface area contributed by atoms with E-state index in [4.69, 9.17) is 5.73 Å². The fourth-order valence-electron chi connectivity index (χ4n) is 1.84. The van der Waals surface area contributed by atoms with E-state index in [0.717, 1.165) is 29.7 Å². The molecule has 0 aliphatic rings. The number of carbonyl (C=O) groups is 1. The summed E-state index contributed by atoms with van der Waals surface area (Å²) in [7, 11) is 0. The molecule has 0 spiro atoms. The highest BCUT2D eigenvalue weighted by Gasteiger charge is 2.13. The van der Waals surface area contributed by atoms with Gasteiger partial charge in [0.1, 0.15) is 0 Å². The van der Waals surface area contributed by atoms with Crippen LogP contribution in [0.3, 0.4) is 0 Å². The molecule has 1 amide bonds. The third-order valence-corrected chi connectivity index (χ3v) is 2.93. The van der Waals surface area contributed by atoms with Crippen molar-refractivity contribution >= 4 is 11.6 Å². The van der Waals surface area contributed by atoms with Crippen LogP contribution in [0.4, 0.5) is 5.69 Å². The molecule has 1 rings (SSSR count). The third-order valence-electron chi connectivity index (χ3n) is 2.93. The van der Waals surface area contributed by atoms with Crippen LogP contribution >= 0.6 is 0 Å². The first-order valence-corrected chi connectivity index (χ1v) is 6.69. The smallest absolute Gasteiger partial charge is 0.227 e. The van der Waals surface area contributed by atoms with Crippen LogP contribution in [-0.4, -0.2) is 12.5 Å². The summed E-state index contributed by atoms with van der Waals surface area (Å²) in [6.07, 6.45) is 1.89. The molecule has 0 aromatic heterocycles. The number of hydrogen-bond acceptors (Lipinski definition) is 2. The van der Waals surface area contributed by atoms with Crippen molar-refractivity contribution in [2.45, 2.75) is 33.6 Å². The van der Waals surface area contributed by atoms with E-state index in [1.807, 2.05) is 32.0 Å². The lowest BCUT2D eigenvalue weighted by Crippen LogP contribution is -2.20. The number of amides is 1. The molecule has 3 nitrogen and oxygen atoms in total. The number of nitrogens with two attached hydrogens (primary N) is 1. The summed E-state index contributed by atoms with van der Waals surface area (Å²) in [5, 5.41) is 2.96. The van der Waals surface area contributed by atoms with Gasteiger partial charge in [-0.15, -0.1) is 0 Å². The molecule has 1 aromatic rings. The van der Waals surface area contributed by atoms with E-state index >= 15 is 0 Å². The van der Waals surface area contributed by atoms with Gasteiger partial charge in [0.15, 0.2) is 0 Å². The maximum Gasteiger partial charge on any atom is 0.227 e. The van der Waals surface area contributed by atoms with E-state index in [9.17, 15) is 4.79 Å². The zero-order chi connectivity index (χ0) is 14.3. The second-order valence-corrected chi connectivity index (χ2v) is 4.73. The highest BCUT2D eigenvalue weighted by Crippen LogP contribution is 2.18. The zero-order valence-electron chi connectivity index (χ0n) is 11.9. The quantitative estimate of drug-likeness (QED) is 0.816. The van der Waals surface area contributed by atoms with Gasteiger partial charge in [-0.1, -0.05) is 38.2 Å². The van der Waals surface area contributed by atoms with Gasteiger partial charge in [0.25, 0.3) is 0 Å². The molecule has 102 valence electrons. The Labute approximate surface area is 115 Å². The van der Waals surface area contributed by atoms with Crippen LogP contribution in [0.15, 0.2) is 18.2 Å². The van der Waals surface area contributed by atoms with Crippen LogP contribution in [-0.2, 0) is 4.79 Å². The van der Waals surface area contributed by atoms with Gasteiger partial charge < -0.3 is 11.1 Å². The van der Waals surface area contributed by atoms with Gasteiger partial charge in [-0.2, -0.15) is 0 Å². The second-order valence-electron chi connectivity index (χ2n) is 4.73. The van der Waals surface area contributed by atoms with Gasteiger partial charge in [-0.3, -0.25) is 4.79 Å². The number of hydrogen-bond donors (Lipinski definition) is 2. The Kier molecular flexibility index (Phi) is 6.11. The molecule has 0 saturated heterocycles. The minimum Gasteiger partial charge on any atom is -0.325 e. The van der Waals surface area contributed by atoms with Crippen molar-refractivity contribution in [1.29, 1.82) is 0 Å². The molecule has 0 fully saturated rings. The van der Waals surface area contributed by atoms with Gasteiger partial charge in [-0.05, 0) is 31.0 Å². The number of rotatable bonds is 4. The van der Waals surface area contributed by atoms with Crippen molar-refractivity contribution in [3.63, 3.8) is 0 Å². The second kappa shape index (κ2) is 7.60. The van der Waals surface area contributed by atoms with Crippen molar-refractivity contribution in [1.82, 2.24) is 0 Å². The minimum atomic E-state index is 0.0147. The Morgan fingerprint density at radius 2 is 2.21 bits per heavy atom. The lowest BCUT2D eigenvalue weighted by atomic mass is 10.0. The Balaban J connectivity index is 2.92. The molecule has 0 heterocycles.